The van der Waals surface area contributed by atoms with E-state index in [2.05, 4.69) is 18.2 Å². The van der Waals surface area contributed by atoms with E-state index in [4.69, 9.17) is 0 Å². The van der Waals surface area contributed by atoms with Gasteiger partial charge in [-0.1, -0.05) is 0 Å². The van der Waals surface area contributed by atoms with Gasteiger partial charge in [0, 0.05) is 0 Å². The molecule has 2 rings (SSSR count). The molecule has 1 aliphatic rings. The predicted octanol–water partition coefficient (Wildman–Crippen LogP) is 2.79. The third-order valence-corrected chi connectivity index (χ3v) is 1.19. The summed E-state index contributed by atoms with van der Waals surface area (Å²) in [6.07, 6.45) is 10.0. The van der Waals surface area contributed by atoms with Crippen molar-refractivity contribution < 1.29 is 16.8 Å². The van der Waals surface area contributed by atoms with E-state index in [1.165, 1.54) is 0 Å². The summed E-state index contributed by atoms with van der Waals surface area (Å²) in [7, 11) is 0. The van der Waals surface area contributed by atoms with Crippen LogP contribution in [0, 0.1) is 12.1 Å². The molecule has 0 aromatic heterocycles. The van der Waals surface area contributed by atoms with Crippen LogP contribution in [-0.4, -0.2) is 0 Å². The molecule has 0 fully saturated rings. The summed E-state index contributed by atoms with van der Waals surface area (Å²) < 4.78 is 0. The van der Waals surface area contributed by atoms with Crippen LogP contribution >= 0.6 is 0 Å². The molecule has 0 nitrogen and oxygen atoms in total. The zero-order valence-corrected chi connectivity index (χ0v) is 7.70. The molecule has 0 amide bonds. The Morgan fingerprint density at radius 2 is 1.75 bits per heavy atom. The van der Waals surface area contributed by atoms with Crippen LogP contribution in [0.5, 0.6) is 0 Å². The molecule has 1 aromatic carbocycles. The van der Waals surface area contributed by atoms with Gasteiger partial charge in [-0.25, -0.2) is 12.2 Å². The van der Waals surface area contributed by atoms with Crippen molar-refractivity contribution >= 4 is 0 Å². The third-order valence-electron chi connectivity index (χ3n) is 1.19. The van der Waals surface area contributed by atoms with Crippen LogP contribution in [0.25, 0.3) is 0 Å². The number of hydrogen-bond donors (Lipinski definition) is 0. The number of rotatable bonds is 0. The van der Waals surface area contributed by atoms with Crippen LogP contribution in [0.3, 0.4) is 0 Å². The second-order valence-electron chi connectivity index (χ2n) is 2.08. The minimum absolute atomic E-state index is 0. The average molecular weight is 201 g/mol. The Kier molecular flexibility index (Phi) is 7.76. The van der Waals surface area contributed by atoms with E-state index in [1.807, 2.05) is 42.5 Å². The molecular formula is C11H10Co. The van der Waals surface area contributed by atoms with Crippen molar-refractivity contribution in [3.8, 4) is 0 Å². The molecule has 12 heavy (non-hydrogen) atoms. The van der Waals surface area contributed by atoms with Gasteiger partial charge in [-0.2, -0.15) is 42.5 Å². The monoisotopic (exact) mass is 201 g/mol. The fourth-order valence-corrected chi connectivity index (χ4v) is 0.682. The molecule has 0 bridgehead atoms. The first kappa shape index (κ1) is 11.2. The van der Waals surface area contributed by atoms with Gasteiger partial charge in [0.1, 0.15) is 0 Å². The molecule has 1 radical (unpaired) electrons. The molecule has 0 saturated carbocycles. The van der Waals surface area contributed by atoms with E-state index < -0.39 is 0 Å². The summed E-state index contributed by atoms with van der Waals surface area (Å²) >= 11 is 0. The topological polar surface area (TPSA) is 0 Å². The molecule has 1 aromatic rings. The van der Waals surface area contributed by atoms with Gasteiger partial charge in [-0.05, 0) is 0 Å². The first-order valence-corrected chi connectivity index (χ1v) is 3.63. The van der Waals surface area contributed by atoms with Gasteiger partial charge in [-0.3, -0.25) is 6.08 Å². The third kappa shape index (κ3) is 5.95. The fraction of sp³-hybridized carbons (Fsp3) is 0.0909. The summed E-state index contributed by atoms with van der Waals surface area (Å²) in [5.41, 5.74) is 0. The summed E-state index contributed by atoms with van der Waals surface area (Å²) in [5, 5.41) is 0. The van der Waals surface area contributed by atoms with Crippen molar-refractivity contribution in [2.75, 3.05) is 0 Å². The molecule has 0 spiro atoms. The largest absolute Gasteiger partial charge is 2.00 e. The molecule has 0 aliphatic heterocycles. The number of benzene rings is 1. The molecule has 0 heterocycles. The molecule has 0 N–H and O–H groups in total. The zero-order valence-electron chi connectivity index (χ0n) is 6.66. The van der Waals surface area contributed by atoms with Crippen LogP contribution in [-0.2, 0) is 16.8 Å². The number of hydrogen-bond acceptors (Lipinski definition) is 0. The van der Waals surface area contributed by atoms with Gasteiger partial charge in [0.15, 0.2) is 0 Å². The molecule has 0 saturated heterocycles. The van der Waals surface area contributed by atoms with Crippen molar-refractivity contribution in [1.82, 2.24) is 0 Å². The van der Waals surface area contributed by atoms with Crippen molar-refractivity contribution in [3.63, 3.8) is 0 Å². The fourth-order valence-electron chi connectivity index (χ4n) is 0.682. The van der Waals surface area contributed by atoms with Gasteiger partial charge in [-0.15, -0.1) is 6.42 Å². The summed E-state index contributed by atoms with van der Waals surface area (Å²) in [5.74, 6) is 0. The average Bonchev–Trinajstić information content (AvgIpc) is 2.64. The van der Waals surface area contributed by atoms with Crippen LogP contribution in [0.4, 0.5) is 0 Å². The molecule has 0 atom stereocenters. The van der Waals surface area contributed by atoms with Crippen LogP contribution in [0.15, 0.2) is 48.6 Å². The molecule has 63 valence electrons. The zero-order chi connectivity index (χ0) is 7.78. The normalized spacial score (nSPS) is 11.3. The van der Waals surface area contributed by atoms with Gasteiger partial charge in [0.05, 0.1) is 0 Å². The van der Waals surface area contributed by atoms with Crippen molar-refractivity contribution in [2.45, 2.75) is 6.42 Å². The Hall–Kier alpha value is -0.794. The molecule has 0 unspecified atom stereocenters. The van der Waals surface area contributed by atoms with Crippen molar-refractivity contribution in [1.29, 1.82) is 0 Å². The maximum Gasteiger partial charge on any atom is 2.00 e. The van der Waals surface area contributed by atoms with E-state index in [1.54, 1.807) is 0 Å². The van der Waals surface area contributed by atoms with Crippen LogP contribution < -0.4 is 0 Å². The Morgan fingerprint density at radius 1 is 1.00 bits per heavy atom. The van der Waals surface area contributed by atoms with Gasteiger partial charge in [0.2, 0.25) is 0 Å². The van der Waals surface area contributed by atoms with Gasteiger partial charge < -0.3 is 0 Å². The second-order valence-corrected chi connectivity index (χ2v) is 2.08. The Labute approximate surface area is 84.2 Å². The van der Waals surface area contributed by atoms with E-state index in [0.717, 1.165) is 6.42 Å². The van der Waals surface area contributed by atoms with Crippen LogP contribution in [0.1, 0.15) is 6.42 Å². The standard InChI is InChI=1S/C6H5.C5H5.Co/c1-2-4-6-5-3-1;1-2-4-5-3-1;/h1-5H;1-3H,4H2;/q2*-1;+2. The first-order chi connectivity index (χ1) is 5.50. The second kappa shape index (κ2) is 8.30. The quantitative estimate of drug-likeness (QED) is 0.566. The summed E-state index contributed by atoms with van der Waals surface area (Å²) in [4.78, 5) is 0. The van der Waals surface area contributed by atoms with E-state index in [0.29, 0.717) is 0 Å². The SMILES string of the molecule is [C-]1=CC=CC1.[Co+2].[c-]1ccccc1. The Bertz CT molecular complexity index is 187. The minimum Gasteiger partial charge on any atom is -0.273 e. The van der Waals surface area contributed by atoms with Crippen molar-refractivity contribution in [3.05, 3.63) is 60.7 Å². The maximum atomic E-state index is 2.99. The van der Waals surface area contributed by atoms with Crippen molar-refractivity contribution in [2.24, 2.45) is 0 Å². The summed E-state index contributed by atoms with van der Waals surface area (Å²) in [6.45, 7) is 0. The smallest absolute Gasteiger partial charge is 0.273 e. The molecule has 1 aliphatic carbocycles. The molecular weight excluding hydrogens is 191 g/mol. The molecule has 1 heteroatoms. The summed E-state index contributed by atoms with van der Waals surface area (Å²) in [6, 6.07) is 12.5. The van der Waals surface area contributed by atoms with Gasteiger partial charge >= 0.3 is 16.8 Å². The predicted molar refractivity (Wildman–Crippen MR) is 46.8 cm³/mol. The maximum absolute atomic E-state index is 2.99. The van der Waals surface area contributed by atoms with E-state index in [-0.39, 0.29) is 16.8 Å². The van der Waals surface area contributed by atoms with Gasteiger partial charge in [0.25, 0.3) is 0 Å². The Balaban J connectivity index is 0.000000189. The number of allylic oxidation sites excluding steroid dienone is 4. The minimum atomic E-state index is 0. The van der Waals surface area contributed by atoms with Crippen LogP contribution in [0.2, 0.25) is 0 Å². The Morgan fingerprint density at radius 3 is 1.92 bits per heavy atom. The first-order valence-electron chi connectivity index (χ1n) is 3.63. The van der Waals surface area contributed by atoms with E-state index >= 15 is 0 Å². The van der Waals surface area contributed by atoms with E-state index in [9.17, 15) is 0 Å².